The molecule has 2 aromatic carbocycles. The second-order valence-corrected chi connectivity index (χ2v) is 3.82. The van der Waals surface area contributed by atoms with Crippen molar-refractivity contribution in [3.63, 3.8) is 0 Å². The van der Waals surface area contributed by atoms with Crippen LogP contribution in [-0.2, 0) is 0 Å². The molecule has 0 amide bonds. The molecule has 0 spiro atoms. The molecular formula is C14H9ClN2. The van der Waals surface area contributed by atoms with Crippen LogP contribution < -0.4 is 0 Å². The van der Waals surface area contributed by atoms with Crippen molar-refractivity contribution in [2.24, 2.45) is 4.99 Å². The monoisotopic (exact) mass is 240 g/mol. The van der Waals surface area contributed by atoms with Crippen LogP contribution in [0.25, 0.3) is 0 Å². The summed E-state index contributed by atoms with van der Waals surface area (Å²) >= 11 is 6.01. The number of hydrogen-bond acceptors (Lipinski definition) is 2. The van der Waals surface area contributed by atoms with Gasteiger partial charge < -0.3 is 0 Å². The van der Waals surface area contributed by atoms with Crippen LogP contribution in [-0.4, -0.2) is 6.21 Å². The van der Waals surface area contributed by atoms with Gasteiger partial charge in [0, 0.05) is 16.8 Å². The molecule has 0 bridgehead atoms. The van der Waals surface area contributed by atoms with E-state index in [9.17, 15) is 0 Å². The lowest BCUT2D eigenvalue weighted by Crippen LogP contribution is -1.82. The zero-order valence-electron chi connectivity index (χ0n) is 8.97. The molecule has 2 nitrogen and oxygen atoms in total. The molecular weight excluding hydrogens is 232 g/mol. The van der Waals surface area contributed by atoms with Crippen LogP contribution >= 0.6 is 11.6 Å². The maximum absolute atomic E-state index is 8.92. The normalized spacial score (nSPS) is 10.4. The summed E-state index contributed by atoms with van der Waals surface area (Å²) in [6.45, 7) is 0. The summed E-state index contributed by atoms with van der Waals surface area (Å²) in [7, 11) is 0. The molecule has 0 aliphatic heterocycles. The molecule has 0 aliphatic carbocycles. The lowest BCUT2D eigenvalue weighted by Gasteiger charge is -1.98. The first-order valence-electron chi connectivity index (χ1n) is 5.09. The number of para-hydroxylation sites is 1. The van der Waals surface area contributed by atoms with E-state index in [0.29, 0.717) is 16.3 Å². The van der Waals surface area contributed by atoms with E-state index in [4.69, 9.17) is 16.9 Å². The lowest BCUT2D eigenvalue weighted by molar-refractivity contribution is 1.44. The first-order chi connectivity index (χ1) is 8.31. The first kappa shape index (κ1) is 11.4. The van der Waals surface area contributed by atoms with E-state index in [0.717, 1.165) is 5.56 Å². The maximum Gasteiger partial charge on any atom is 0.101 e. The zero-order chi connectivity index (χ0) is 12.1. The predicted octanol–water partition coefficient (Wildman–Crippen LogP) is 3.96. The number of nitriles is 1. The Morgan fingerprint density at radius 2 is 1.76 bits per heavy atom. The number of nitrogens with zero attached hydrogens (tertiary/aromatic N) is 2. The molecule has 0 heterocycles. The number of hydrogen-bond donors (Lipinski definition) is 0. The molecule has 0 unspecified atom stereocenters. The summed E-state index contributed by atoms with van der Waals surface area (Å²) in [6, 6.07) is 16.7. The van der Waals surface area contributed by atoms with Crippen molar-refractivity contribution in [1.29, 1.82) is 5.26 Å². The molecule has 0 N–H and O–H groups in total. The van der Waals surface area contributed by atoms with Gasteiger partial charge in [0.2, 0.25) is 0 Å². The van der Waals surface area contributed by atoms with Gasteiger partial charge in [-0.25, -0.2) is 0 Å². The number of rotatable bonds is 2. The van der Waals surface area contributed by atoms with Gasteiger partial charge in [0.05, 0.1) is 11.3 Å². The van der Waals surface area contributed by atoms with E-state index in [1.807, 2.05) is 30.3 Å². The standard InChI is InChI=1S/C14H9ClN2/c15-13-7-3-1-6-12(13)10-17-14-8-4-2-5-11(14)9-16/h1-8,10H. The summed E-state index contributed by atoms with van der Waals surface area (Å²) in [5.41, 5.74) is 2.03. The van der Waals surface area contributed by atoms with Gasteiger partial charge in [0.1, 0.15) is 6.07 Å². The van der Waals surface area contributed by atoms with Crippen molar-refractivity contribution in [3.8, 4) is 6.07 Å². The summed E-state index contributed by atoms with van der Waals surface area (Å²) in [5.74, 6) is 0. The van der Waals surface area contributed by atoms with Gasteiger partial charge in [0.25, 0.3) is 0 Å². The minimum absolute atomic E-state index is 0.552. The molecule has 82 valence electrons. The first-order valence-corrected chi connectivity index (χ1v) is 5.47. The van der Waals surface area contributed by atoms with Gasteiger partial charge in [-0.05, 0) is 18.2 Å². The highest BCUT2D eigenvalue weighted by Crippen LogP contribution is 2.19. The van der Waals surface area contributed by atoms with Crippen molar-refractivity contribution < 1.29 is 0 Å². The molecule has 17 heavy (non-hydrogen) atoms. The molecule has 0 aromatic heterocycles. The summed E-state index contributed by atoms with van der Waals surface area (Å²) < 4.78 is 0. The van der Waals surface area contributed by atoms with Crippen molar-refractivity contribution in [2.45, 2.75) is 0 Å². The molecule has 0 saturated carbocycles. The lowest BCUT2D eigenvalue weighted by atomic mass is 10.2. The Balaban J connectivity index is 2.33. The second-order valence-electron chi connectivity index (χ2n) is 3.41. The summed E-state index contributed by atoms with van der Waals surface area (Å²) in [5, 5.41) is 9.56. The average molecular weight is 241 g/mol. The van der Waals surface area contributed by atoms with Crippen molar-refractivity contribution in [1.82, 2.24) is 0 Å². The fourth-order valence-electron chi connectivity index (χ4n) is 1.40. The highest BCUT2D eigenvalue weighted by Gasteiger charge is 1.98. The van der Waals surface area contributed by atoms with Crippen LogP contribution in [0, 0.1) is 11.3 Å². The van der Waals surface area contributed by atoms with E-state index in [1.54, 1.807) is 24.4 Å². The summed E-state index contributed by atoms with van der Waals surface area (Å²) in [4.78, 5) is 4.28. The van der Waals surface area contributed by atoms with Crippen molar-refractivity contribution >= 4 is 23.5 Å². The second kappa shape index (κ2) is 5.29. The molecule has 2 aromatic rings. The van der Waals surface area contributed by atoms with Gasteiger partial charge in [-0.3, -0.25) is 4.99 Å². The fraction of sp³-hybridized carbons (Fsp3) is 0. The van der Waals surface area contributed by atoms with Crippen LogP contribution in [0.2, 0.25) is 5.02 Å². The quantitative estimate of drug-likeness (QED) is 0.732. The molecule has 2 rings (SSSR count). The number of benzene rings is 2. The Kier molecular flexibility index (Phi) is 3.54. The van der Waals surface area contributed by atoms with Crippen LogP contribution in [0.15, 0.2) is 53.5 Å². The van der Waals surface area contributed by atoms with Crippen molar-refractivity contribution in [2.75, 3.05) is 0 Å². The van der Waals surface area contributed by atoms with Crippen molar-refractivity contribution in [3.05, 3.63) is 64.7 Å². The van der Waals surface area contributed by atoms with E-state index >= 15 is 0 Å². The molecule has 0 atom stereocenters. The van der Waals surface area contributed by atoms with E-state index in [2.05, 4.69) is 11.1 Å². The Bertz CT molecular complexity index is 597. The largest absolute Gasteiger partial charge is 0.255 e. The highest BCUT2D eigenvalue weighted by atomic mass is 35.5. The van der Waals surface area contributed by atoms with Gasteiger partial charge in [-0.2, -0.15) is 5.26 Å². The van der Waals surface area contributed by atoms with Crippen LogP contribution in [0.3, 0.4) is 0 Å². The highest BCUT2D eigenvalue weighted by molar-refractivity contribution is 6.33. The smallest absolute Gasteiger partial charge is 0.101 e. The Morgan fingerprint density at radius 1 is 1.06 bits per heavy atom. The van der Waals surface area contributed by atoms with Crippen LogP contribution in [0.1, 0.15) is 11.1 Å². The summed E-state index contributed by atoms with van der Waals surface area (Å²) in [6.07, 6.45) is 1.67. The van der Waals surface area contributed by atoms with Gasteiger partial charge in [-0.15, -0.1) is 0 Å². The fourth-order valence-corrected chi connectivity index (χ4v) is 1.58. The van der Waals surface area contributed by atoms with Gasteiger partial charge in [0.15, 0.2) is 0 Å². The maximum atomic E-state index is 8.92. The Morgan fingerprint density at radius 3 is 2.53 bits per heavy atom. The minimum Gasteiger partial charge on any atom is -0.255 e. The SMILES string of the molecule is N#Cc1ccccc1N=Cc1ccccc1Cl. The Labute approximate surface area is 105 Å². The zero-order valence-corrected chi connectivity index (χ0v) is 9.72. The molecule has 0 aliphatic rings. The third-order valence-electron chi connectivity index (χ3n) is 2.27. The Hall–Kier alpha value is -2.11. The molecule has 0 radical (unpaired) electrons. The van der Waals surface area contributed by atoms with Crippen LogP contribution in [0.5, 0.6) is 0 Å². The third-order valence-corrected chi connectivity index (χ3v) is 2.62. The number of aliphatic imine (C=N–C) groups is 1. The topological polar surface area (TPSA) is 36.1 Å². The van der Waals surface area contributed by atoms with E-state index in [-0.39, 0.29) is 0 Å². The molecule has 3 heteroatoms. The van der Waals surface area contributed by atoms with Crippen LogP contribution in [0.4, 0.5) is 5.69 Å². The predicted molar refractivity (Wildman–Crippen MR) is 69.9 cm³/mol. The van der Waals surface area contributed by atoms with Gasteiger partial charge in [-0.1, -0.05) is 41.9 Å². The third kappa shape index (κ3) is 2.72. The molecule has 0 fully saturated rings. The van der Waals surface area contributed by atoms with E-state index in [1.165, 1.54) is 0 Å². The molecule has 0 saturated heterocycles. The minimum atomic E-state index is 0.552. The van der Waals surface area contributed by atoms with E-state index < -0.39 is 0 Å². The number of halogens is 1. The average Bonchev–Trinajstić information content (AvgIpc) is 2.38. The van der Waals surface area contributed by atoms with Gasteiger partial charge >= 0.3 is 0 Å².